The molecule has 0 heterocycles. The Morgan fingerprint density at radius 3 is 2.54 bits per heavy atom. The van der Waals surface area contributed by atoms with Crippen LogP contribution in [0.4, 0.5) is 4.79 Å². The number of benzene rings is 1. The fourth-order valence-corrected chi connectivity index (χ4v) is 3.03. The average molecular weight is 332 g/mol. The summed E-state index contributed by atoms with van der Waals surface area (Å²) in [5, 5.41) is 3.13. The Morgan fingerprint density at radius 1 is 1.17 bits per heavy atom. The number of amides is 2. The molecular weight excluding hydrogens is 304 g/mol. The predicted octanol–water partition coefficient (Wildman–Crippen LogP) is 3.48. The zero-order chi connectivity index (χ0) is 17.2. The molecule has 1 aliphatic rings. The topological polar surface area (TPSA) is 58.6 Å². The molecule has 2 rings (SSSR count). The van der Waals surface area contributed by atoms with Crippen molar-refractivity contribution in [3.63, 3.8) is 0 Å². The highest BCUT2D eigenvalue weighted by atomic mass is 16.5. The van der Waals surface area contributed by atoms with Gasteiger partial charge in [0.15, 0.2) is 0 Å². The van der Waals surface area contributed by atoms with E-state index in [9.17, 15) is 9.59 Å². The van der Waals surface area contributed by atoms with Crippen LogP contribution in [-0.4, -0.2) is 36.1 Å². The molecule has 132 valence electrons. The molecule has 1 saturated carbocycles. The number of urea groups is 1. The first kappa shape index (κ1) is 18.3. The van der Waals surface area contributed by atoms with Crippen LogP contribution >= 0.6 is 0 Å². The Balaban J connectivity index is 1.94. The normalized spacial score (nSPS) is 14.9. The van der Waals surface area contributed by atoms with Gasteiger partial charge in [-0.1, -0.05) is 49.6 Å². The number of rotatable bonds is 7. The average Bonchev–Trinajstić information content (AvgIpc) is 2.60. The van der Waals surface area contributed by atoms with Crippen molar-refractivity contribution in [2.75, 3.05) is 13.2 Å². The summed E-state index contributed by atoms with van der Waals surface area (Å²) < 4.78 is 4.97. The fraction of sp³-hybridized carbons (Fsp3) is 0.579. The van der Waals surface area contributed by atoms with Gasteiger partial charge in [0, 0.05) is 19.1 Å². The third kappa shape index (κ3) is 6.22. The fourth-order valence-electron chi connectivity index (χ4n) is 3.03. The van der Waals surface area contributed by atoms with Gasteiger partial charge >= 0.3 is 12.0 Å². The largest absolute Gasteiger partial charge is 0.466 e. The van der Waals surface area contributed by atoms with Crippen LogP contribution in [0, 0.1) is 0 Å². The molecule has 1 aromatic rings. The van der Waals surface area contributed by atoms with E-state index >= 15 is 0 Å². The maximum absolute atomic E-state index is 12.6. The van der Waals surface area contributed by atoms with Crippen molar-refractivity contribution < 1.29 is 14.3 Å². The van der Waals surface area contributed by atoms with Gasteiger partial charge in [-0.05, 0) is 25.3 Å². The minimum absolute atomic E-state index is 0.0879. The van der Waals surface area contributed by atoms with E-state index in [0.717, 1.165) is 18.4 Å². The molecule has 1 aromatic carbocycles. The molecule has 0 unspecified atom stereocenters. The van der Waals surface area contributed by atoms with E-state index in [0.29, 0.717) is 19.7 Å². The Kier molecular flexibility index (Phi) is 7.59. The van der Waals surface area contributed by atoms with Gasteiger partial charge in [0.1, 0.15) is 0 Å². The van der Waals surface area contributed by atoms with Crippen molar-refractivity contribution in [2.24, 2.45) is 0 Å². The minimum Gasteiger partial charge on any atom is -0.466 e. The monoisotopic (exact) mass is 332 g/mol. The number of nitrogens with one attached hydrogen (secondary N) is 1. The highest BCUT2D eigenvalue weighted by molar-refractivity contribution is 5.76. The molecule has 0 saturated heterocycles. The van der Waals surface area contributed by atoms with E-state index in [2.05, 4.69) is 5.32 Å². The molecule has 5 heteroatoms. The summed E-state index contributed by atoms with van der Waals surface area (Å²) in [6.07, 6.45) is 5.91. The standard InChI is InChI=1S/C19H28N2O3/c1-2-24-18(22)13-14-21(15-16-9-5-3-6-10-16)19(23)20-17-11-7-4-8-12-17/h3,5-6,9-10,17H,2,4,7-8,11-15H2,1H3,(H,20,23). The van der Waals surface area contributed by atoms with Crippen molar-refractivity contribution in [3.8, 4) is 0 Å². The summed E-state index contributed by atoms with van der Waals surface area (Å²) in [5.74, 6) is -0.263. The number of carbonyl (C=O) groups excluding carboxylic acids is 2. The Bertz CT molecular complexity index is 513. The molecule has 1 aliphatic carbocycles. The first-order valence-electron chi connectivity index (χ1n) is 8.94. The second kappa shape index (κ2) is 9.96. The van der Waals surface area contributed by atoms with Crippen LogP contribution in [0.25, 0.3) is 0 Å². The minimum atomic E-state index is -0.263. The molecule has 0 bridgehead atoms. The Hall–Kier alpha value is -2.04. The molecule has 5 nitrogen and oxygen atoms in total. The zero-order valence-corrected chi connectivity index (χ0v) is 14.5. The van der Waals surface area contributed by atoms with Crippen LogP contribution < -0.4 is 5.32 Å². The van der Waals surface area contributed by atoms with Crippen LogP contribution in [0.15, 0.2) is 30.3 Å². The summed E-state index contributed by atoms with van der Waals surface area (Å²) in [6, 6.07) is 10.0. The van der Waals surface area contributed by atoms with Gasteiger partial charge in [-0.3, -0.25) is 4.79 Å². The number of hydrogen-bond donors (Lipinski definition) is 1. The van der Waals surface area contributed by atoms with Gasteiger partial charge in [0.25, 0.3) is 0 Å². The summed E-state index contributed by atoms with van der Waals surface area (Å²) in [7, 11) is 0. The van der Waals surface area contributed by atoms with E-state index in [-0.39, 0.29) is 24.5 Å². The summed E-state index contributed by atoms with van der Waals surface area (Å²) >= 11 is 0. The zero-order valence-electron chi connectivity index (χ0n) is 14.5. The smallest absolute Gasteiger partial charge is 0.317 e. The van der Waals surface area contributed by atoms with E-state index in [1.54, 1.807) is 11.8 Å². The lowest BCUT2D eigenvalue weighted by Gasteiger charge is -2.28. The van der Waals surface area contributed by atoms with E-state index in [1.165, 1.54) is 19.3 Å². The lowest BCUT2D eigenvalue weighted by Crippen LogP contribution is -2.45. The van der Waals surface area contributed by atoms with Crippen LogP contribution in [0.1, 0.15) is 51.0 Å². The predicted molar refractivity (Wildman–Crippen MR) is 93.5 cm³/mol. The van der Waals surface area contributed by atoms with Crippen LogP contribution in [0.3, 0.4) is 0 Å². The highest BCUT2D eigenvalue weighted by Crippen LogP contribution is 2.18. The highest BCUT2D eigenvalue weighted by Gasteiger charge is 2.21. The van der Waals surface area contributed by atoms with Gasteiger partial charge in [-0.25, -0.2) is 4.79 Å². The first-order valence-corrected chi connectivity index (χ1v) is 8.94. The van der Waals surface area contributed by atoms with Crippen molar-refractivity contribution in [3.05, 3.63) is 35.9 Å². The first-order chi connectivity index (χ1) is 11.7. The Morgan fingerprint density at radius 2 is 1.88 bits per heavy atom. The van der Waals surface area contributed by atoms with Crippen molar-refractivity contribution >= 4 is 12.0 Å². The molecular formula is C19H28N2O3. The van der Waals surface area contributed by atoms with Crippen LogP contribution in [-0.2, 0) is 16.1 Å². The van der Waals surface area contributed by atoms with Gasteiger partial charge < -0.3 is 15.0 Å². The summed E-state index contributed by atoms with van der Waals surface area (Å²) in [4.78, 5) is 26.0. The van der Waals surface area contributed by atoms with Crippen molar-refractivity contribution in [2.45, 2.75) is 58.0 Å². The van der Waals surface area contributed by atoms with Gasteiger partial charge in [0.2, 0.25) is 0 Å². The molecule has 1 fully saturated rings. The van der Waals surface area contributed by atoms with Crippen molar-refractivity contribution in [1.29, 1.82) is 0 Å². The summed E-state index contributed by atoms with van der Waals surface area (Å²) in [5.41, 5.74) is 1.06. The van der Waals surface area contributed by atoms with Gasteiger partial charge in [0.05, 0.1) is 13.0 Å². The molecule has 0 spiro atoms. The molecule has 0 atom stereocenters. The van der Waals surface area contributed by atoms with Gasteiger partial charge in [-0.2, -0.15) is 0 Å². The quantitative estimate of drug-likeness (QED) is 0.778. The number of hydrogen-bond acceptors (Lipinski definition) is 3. The van der Waals surface area contributed by atoms with Crippen molar-refractivity contribution in [1.82, 2.24) is 10.2 Å². The third-order valence-electron chi connectivity index (χ3n) is 4.33. The summed E-state index contributed by atoms with van der Waals surface area (Å²) in [6.45, 7) is 3.02. The van der Waals surface area contributed by atoms with Gasteiger partial charge in [-0.15, -0.1) is 0 Å². The molecule has 1 N–H and O–H groups in total. The maximum Gasteiger partial charge on any atom is 0.317 e. The van der Waals surface area contributed by atoms with Crippen LogP contribution in [0.2, 0.25) is 0 Å². The van der Waals surface area contributed by atoms with E-state index in [4.69, 9.17) is 4.74 Å². The number of ether oxygens (including phenoxy) is 1. The Labute approximate surface area is 144 Å². The second-order valence-corrected chi connectivity index (χ2v) is 6.25. The van der Waals surface area contributed by atoms with E-state index in [1.807, 2.05) is 30.3 Å². The number of esters is 1. The molecule has 0 radical (unpaired) electrons. The lowest BCUT2D eigenvalue weighted by atomic mass is 9.96. The second-order valence-electron chi connectivity index (χ2n) is 6.25. The third-order valence-corrected chi connectivity index (χ3v) is 4.33. The number of nitrogens with zero attached hydrogens (tertiary/aromatic N) is 1. The lowest BCUT2D eigenvalue weighted by molar-refractivity contribution is -0.143. The van der Waals surface area contributed by atoms with Crippen LogP contribution in [0.5, 0.6) is 0 Å². The molecule has 24 heavy (non-hydrogen) atoms. The van der Waals surface area contributed by atoms with E-state index < -0.39 is 0 Å². The molecule has 0 aliphatic heterocycles. The number of carbonyl (C=O) groups is 2. The SMILES string of the molecule is CCOC(=O)CCN(Cc1ccccc1)C(=O)NC1CCCCC1. The molecule has 0 aromatic heterocycles. The maximum atomic E-state index is 12.6. The molecule has 2 amide bonds.